The molecule has 0 saturated heterocycles. The average molecular weight is 322 g/mol. The number of rotatable bonds is 1. The molecule has 0 N–H and O–H groups in total. The molecule has 118 valence electrons. The predicted molar refractivity (Wildman–Crippen MR) is 101 cm³/mol. The van der Waals surface area contributed by atoms with Crippen molar-refractivity contribution in [3.63, 3.8) is 0 Å². The highest BCUT2D eigenvalue weighted by Gasteiger charge is 2.23. The van der Waals surface area contributed by atoms with E-state index in [1.54, 1.807) is 0 Å². The van der Waals surface area contributed by atoms with Gasteiger partial charge in [-0.25, -0.2) is 4.79 Å². The fraction of sp³-hybridized carbons (Fsp3) is 0. The molecular weight excluding hydrogens is 308 g/mol. The molecular formula is C23H14O2. The van der Waals surface area contributed by atoms with Crippen molar-refractivity contribution in [2.24, 2.45) is 0 Å². The minimum absolute atomic E-state index is 0.304. The van der Waals surface area contributed by atoms with Gasteiger partial charge in [-0.05, 0) is 33.9 Å². The molecule has 4 aromatic rings. The van der Waals surface area contributed by atoms with Gasteiger partial charge < -0.3 is 4.74 Å². The Balaban J connectivity index is 1.88. The number of carbonyl (C=O) groups is 1. The van der Waals surface area contributed by atoms with E-state index >= 15 is 0 Å². The van der Waals surface area contributed by atoms with Crippen LogP contribution in [0.4, 0.5) is 0 Å². The molecule has 1 heterocycles. The zero-order valence-corrected chi connectivity index (χ0v) is 13.4. The Labute approximate surface area is 145 Å². The summed E-state index contributed by atoms with van der Waals surface area (Å²) in [7, 11) is 0. The molecule has 0 unspecified atom stereocenters. The minimum Gasteiger partial charge on any atom is -0.422 e. The van der Waals surface area contributed by atoms with Gasteiger partial charge in [0, 0.05) is 10.9 Å². The largest absolute Gasteiger partial charge is 0.422 e. The molecule has 4 aromatic carbocycles. The third-order valence-corrected chi connectivity index (χ3v) is 4.67. The quantitative estimate of drug-likeness (QED) is 0.334. The van der Waals surface area contributed by atoms with Crippen LogP contribution in [0.15, 0.2) is 78.9 Å². The lowest BCUT2D eigenvalue weighted by molar-refractivity contribution is 0.0698. The summed E-state index contributed by atoms with van der Waals surface area (Å²) >= 11 is 0. The molecule has 1 aliphatic rings. The summed E-state index contributed by atoms with van der Waals surface area (Å²) < 4.78 is 5.80. The maximum atomic E-state index is 13.0. The highest BCUT2D eigenvalue weighted by molar-refractivity contribution is 6.21. The summed E-state index contributed by atoms with van der Waals surface area (Å²) in [6.07, 6.45) is 1.96. The van der Waals surface area contributed by atoms with Crippen molar-refractivity contribution in [3.05, 3.63) is 95.6 Å². The van der Waals surface area contributed by atoms with Crippen LogP contribution in [0.3, 0.4) is 0 Å². The maximum absolute atomic E-state index is 13.0. The standard InChI is InChI=1S/C23H14O2/c24-23-22-19-12-5-4-9-16(19)13-17-10-6-11-18(21(17)22)14-20(25-23)15-7-2-1-3-8-15/h1-14H. The molecule has 0 fully saturated rings. The van der Waals surface area contributed by atoms with Gasteiger partial charge in [-0.1, -0.05) is 72.8 Å². The molecule has 0 saturated carbocycles. The summed E-state index contributed by atoms with van der Waals surface area (Å²) in [5.41, 5.74) is 2.54. The highest BCUT2D eigenvalue weighted by atomic mass is 16.5. The van der Waals surface area contributed by atoms with E-state index in [1.165, 1.54) is 0 Å². The van der Waals surface area contributed by atoms with Crippen LogP contribution in [0.25, 0.3) is 33.4 Å². The van der Waals surface area contributed by atoms with Crippen molar-refractivity contribution in [1.82, 2.24) is 0 Å². The third kappa shape index (κ3) is 2.15. The number of carbonyl (C=O) groups excluding carboxylic acids is 1. The Morgan fingerprint density at radius 2 is 1.48 bits per heavy atom. The molecule has 0 amide bonds. The summed E-state index contributed by atoms with van der Waals surface area (Å²) in [4.78, 5) is 13.0. The van der Waals surface area contributed by atoms with Gasteiger partial charge in [0.1, 0.15) is 5.76 Å². The van der Waals surface area contributed by atoms with E-state index in [0.29, 0.717) is 11.3 Å². The molecule has 0 spiro atoms. The second-order valence-corrected chi connectivity index (χ2v) is 6.18. The van der Waals surface area contributed by atoms with Crippen LogP contribution in [0, 0.1) is 0 Å². The SMILES string of the molecule is O=C1OC(c2ccccc2)=Cc2cccc3cc4ccccc4c1c23. The first-order chi connectivity index (χ1) is 12.3. The first kappa shape index (κ1) is 14.0. The van der Waals surface area contributed by atoms with Gasteiger partial charge in [0.15, 0.2) is 0 Å². The number of cyclic esters (lactones) is 1. The summed E-state index contributed by atoms with van der Waals surface area (Å²) in [6, 6.07) is 25.9. The summed E-state index contributed by atoms with van der Waals surface area (Å²) in [5.74, 6) is 0.278. The maximum Gasteiger partial charge on any atom is 0.344 e. The molecule has 25 heavy (non-hydrogen) atoms. The van der Waals surface area contributed by atoms with Gasteiger partial charge in [-0.15, -0.1) is 0 Å². The van der Waals surface area contributed by atoms with Crippen LogP contribution in [-0.4, -0.2) is 5.97 Å². The number of esters is 1. The van der Waals surface area contributed by atoms with Crippen molar-refractivity contribution in [3.8, 4) is 0 Å². The molecule has 0 aliphatic carbocycles. The molecule has 5 rings (SSSR count). The van der Waals surface area contributed by atoms with Gasteiger partial charge in [-0.3, -0.25) is 0 Å². The fourth-order valence-electron chi connectivity index (χ4n) is 3.55. The monoisotopic (exact) mass is 322 g/mol. The van der Waals surface area contributed by atoms with Gasteiger partial charge in [-0.2, -0.15) is 0 Å². The lowest BCUT2D eigenvalue weighted by atomic mass is 9.93. The Morgan fingerprint density at radius 1 is 0.720 bits per heavy atom. The Morgan fingerprint density at radius 3 is 2.36 bits per heavy atom. The normalized spacial score (nSPS) is 13.4. The van der Waals surface area contributed by atoms with Crippen molar-refractivity contribution in [2.45, 2.75) is 0 Å². The second kappa shape index (κ2) is 5.32. The van der Waals surface area contributed by atoms with Crippen LogP contribution in [0.2, 0.25) is 0 Å². The Bertz CT molecular complexity index is 1170. The van der Waals surface area contributed by atoms with Crippen LogP contribution >= 0.6 is 0 Å². The molecule has 0 aromatic heterocycles. The van der Waals surface area contributed by atoms with Crippen molar-refractivity contribution < 1.29 is 9.53 Å². The van der Waals surface area contributed by atoms with Gasteiger partial charge in [0.25, 0.3) is 0 Å². The molecule has 0 atom stereocenters. The van der Waals surface area contributed by atoms with E-state index in [-0.39, 0.29) is 5.97 Å². The topological polar surface area (TPSA) is 26.3 Å². The number of ether oxygens (including phenoxy) is 1. The van der Waals surface area contributed by atoms with E-state index in [2.05, 4.69) is 6.07 Å². The van der Waals surface area contributed by atoms with Crippen LogP contribution in [-0.2, 0) is 4.74 Å². The van der Waals surface area contributed by atoms with Gasteiger partial charge >= 0.3 is 5.97 Å². The van der Waals surface area contributed by atoms with Crippen LogP contribution in [0.1, 0.15) is 21.5 Å². The van der Waals surface area contributed by atoms with Crippen molar-refractivity contribution in [2.75, 3.05) is 0 Å². The minimum atomic E-state index is -0.304. The molecule has 0 bridgehead atoms. The predicted octanol–water partition coefficient (Wildman–Crippen LogP) is 5.66. The molecule has 2 heteroatoms. The Kier molecular flexibility index (Phi) is 2.98. The van der Waals surface area contributed by atoms with Crippen LogP contribution < -0.4 is 0 Å². The van der Waals surface area contributed by atoms with Crippen molar-refractivity contribution in [1.29, 1.82) is 0 Å². The van der Waals surface area contributed by atoms with E-state index in [4.69, 9.17) is 4.74 Å². The Hall–Kier alpha value is -3.39. The van der Waals surface area contributed by atoms with Gasteiger partial charge in [0.05, 0.1) is 5.56 Å². The summed E-state index contributed by atoms with van der Waals surface area (Å²) in [5, 5.41) is 3.98. The average Bonchev–Trinajstić information content (AvgIpc) is 2.81. The molecule has 1 aliphatic heterocycles. The fourth-order valence-corrected chi connectivity index (χ4v) is 3.55. The second-order valence-electron chi connectivity index (χ2n) is 6.18. The number of benzene rings is 4. The van der Waals surface area contributed by atoms with E-state index in [0.717, 1.165) is 32.7 Å². The van der Waals surface area contributed by atoms with Gasteiger partial charge in [0.2, 0.25) is 0 Å². The number of hydrogen-bond acceptors (Lipinski definition) is 2. The molecule has 0 radical (unpaired) electrons. The number of fused-ring (bicyclic) bond motifs is 2. The smallest absolute Gasteiger partial charge is 0.344 e. The third-order valence-electron chi connectivity index (χ3n) is 4.67. The van der Waals surface area contributed by atoms with E-state index < -0.39 is 0 Å². The van der Waals surface area contributed by atoms with E-state index in [9.17, 15) is 4.79 Å². The first-order valence-corrected chi connectivity index (χ1v) is 8.25. The van der Waals surface area contributed by atoms with Crippen LogP contribution in [0.5, 0.6) is 0 Å². The van der Waals surface area contributed by atoms with E-state index in [1.807, 2.05) is 78.9 Å². The highest BCUT2D eigenvalue weighted by Crippen LogP contribution is 2.36. The molecule has 2 nitrogen and oxygen atoms in total. The zero-order valence-electron chi connectivity index (χ0n) is 13.4. The zero-order chi connectivity index (χ0) is 16.8. The first-order valence-electron chi connectivity index (χ1n) is 8.25. The summed E-state index contributed by atoms with van der Waals surface area (Å²) in [6.45, 7) is 0. The number of hydrogen-bond donors (Lipinski definition) is 0. The van der Waals surface area contributed by atoms with Crippen molar-refractivity contribution >= 4 is 39.3 Å². The lowest BCUT2D eigenvalue weighted by Crippen LogP contribution is -2.04. The lowest BCUT2D eigenvalue weighted by Gasteiger charge is -2.10.